The number of hydrogen-bond acceptors (Lipinski definition) is 6. The lowest BCUT2D eigenvalue weighted by atomic mass is 10.1. The normalized spacial score (nSPS) is 18.6. The fourth-order valence-corrected chi connectivity index (χ4v) is 4.65. The second-order valence-corrected chi connectivity index (χ2v) is 8.71. The standard InChI is InChI=1S/C17H17ClN2O5S/c18-14-3-1-2-4-16(14)25-17-6-5-12(9-15(17)20(21)22)10-19-13-7-8-26(23,24)11-13/h1-6,9,13,19H,7-8,10-11H2. The lowest BCUT2D eigenvalue weighted by molar-refractivity contribution is -0.385. The zero-order valence-electron chi connectivity index (χ0n) is 13.7. The Kier molecular flexibility index (Phi) is 5.45. The molecule has 1 unspecified atom stereocenters. The van der Waals surface area contributed by atoms with Gasteiger partial charge in [0.2, 0.25) is 5.75 Å². The minimum atomic E-state index is -2.97. The molecule has 1 heterocycles. The number of rotatable bonds is 6. The summed E-state index contributed by atoms with van der Waals surface area (Å²) in [6, 6.07) is 11.2. The first-order valence-corrected chi connectivity index (χ1v) is 10.2. The molecule has 0 bridgehead atoms. The summed E-state index contributed by atoms with van der Waals surface area (Å²) in [4.78, 5) is 10.9. The van der Waals surface area contributed by atoms with Gasteiger partial charge in [-0.25, -0.2) is 8.42 Å². The Bertz CT molecular complexity index is 933. The van der Waals surface area contributed by atoms with E-state index in [-0.39, 0.29) is 29.0 Å². The number of nitrogens with one attached hydrogen (secondary N) is 1. The van der Waals surface area contributed by atoms with Gasteiger partial charge in [0.1, 0.15) is 5.75 Å². The van der Waals surface area contributed by atoms with Gasteiger partial charge in [-0.15, -0.1) is 0 Å². The van der Waals surface area contributed by atoms with Crippen molar-refractivity contribution in [2.75, 3.05) is 11.5 Å². The number of para-hydroxylation sites is 1. The first kappa shape index (κ1) is 18.6. The van der Waals surface area contributed by atoms with Gasteiger partial charge in [-0.2, -0.15) is 0 Å². The van der Waals surface area contributed by atoms with E-state index in [9.17, 15) is 18.5 Å². The molecule has 1 atom stereocenters. The molecule has 1 saturated heterocycles. The number of nitrogens with zero attached hydrogens (tertiary/aromatic N) is 1. The molecule has 1 N–H and O–H groups in total. The molecule has 0 aromatic heterocycles. The van der Waals surface area contributed by atoms with Crippen LogP contribution in [-0.2, 0) is 16.4 Å². The number of ether oxygens (including phenoxy) is 1. The van der Waals surface area contributed by atoms with Crippen molar-refractivity contribution in [3.63, 3.8) is 0 Å². The van der Waals surface area contributed by atoms with E-state index in [2.05, 4.69) is 5.32 Å². The molecule has 0 spiro atoms. The molecule has 0 radical (unpaired) electrons. The van der Waals surface area contributed by atoms with Gasteiger partial charge in [0.25, 0.3) is 0 Å². The van der Waals surface area contributed by atoms with Crippen LogP contribution in [0.25, 0.3) is 0 Å². The molecule has 3 rings (SSSR count). The number of sulfone groups is 1. The second-order valence-electron chi connectivity index (χ2n) is 6.07. The van der Waals surface area contributed by atoms with Crippen LogP contribution >= 0.6 is 11.6 Å². The molecule has 0 aliphatic carbocycles. The Labute approximate surface area is 156 Å². The van der Waals surface area contributed by atoms with Crippen LogP contribution in [0.15, 0.2) is 42.5 Å². The van der Waals surface area contributed by atoms with Crippen molar-refractivity contribution in [1.82, 2.24) is 5.32 Å². The van der Waals surface area contributed by atoms with Crippen LogP contribution in [0.4, 0.5) is 5.69 Å². The Morgan fingerprint density at radius 3 is 2.65 bits per heavy atom. The molecular weight excluding hydrogens is 380 g/mol. The van der Waals surface area contributed by atoms with Crippen molar-refractivity contribution < 1.29 is 18.1 Å². The van der Waals surface area contributed by atoms with Crippen molar-refractivity contribution in [2.24, 2.45) is 0 Å². The van der Waals surface area contributed by atoms with Crippen molar-refractivity contribution in [3.05, 3.63) is 63.2 Å². The number of halogens is 1. The Balaban J connectivity index is 1.74. The molecular formula is C17H17ClN2O5S. The van der Waals surface area contributed by atoms with Crippen LogP contribution in [0.2, 0.25) is 5.02 Å². The Morgan fingerprint density at radius 2 is 2.00 bits per heavy atom. The Morgan fingerprint density at radius 1 is 1.23 bits per heavy atom. The molecule has 1 aliphatic rings. The number of hydrogen-bond donors (Lipinski definition) is 1. The van der Waals surface area contributed by atoms with Gasteiger partial charge in [0, 0.05) is 18.7 Å². The highest BCUT2D eigenvalue weighted by Gasteiger charge is 2.27. The predicted molar refractivity (Wildman–Crippen MR) is 98.5 cm³/mol. The molecule has 2 aromatic rings. The highest BCUT2D eigenvalue weighted by atomic mass is 35.5. The van der Waals surface area contributed by atoms with E-state index in [1.54, 1.807) is 30.3 Å². The van der Waals surface area contributed by atoms with E-state index >= 15 is 0 Å². The van der Waals surface area contributed by atoms with E-state index in [0.29, 0.717) is 29.3 Å². The number of nitro benzene ring substituents is 1. The average molecular weight is 397 g/mol. The van der Waals surface area contributed by atoms with Crippen LogP contribution < -0.4 is 10.1 Å². The van der Waals surface area contributed by atoms with Gasteiger partial charge in [-0.3, -0.25) is 10.1 Å². The maximum absolute atomic E-state index is 11.5. The van der Waals surface area contributed by atoms with Crippen molar-refractivity contribution in [2.45, 2.75) is 19.0 Å². The zero-order chi connectivity index (χ0) is 18.7. The summed E-state index contributed by atoms with van der Waals surface area (Å²) in [7, 11) is -2.97. The average Bonchev–Trinajstić information content (AvgIpc) is 2.95. The highest BCUT2D eigenvalue weighted by Crippen LogP contribution is 2.35. The van der Waals surface area contributed by atoms with Gasteiger partial charge < -0.3 is 10.1 Å². The largest absolute Gasteiger partial charge is 0.449 e. The summed E-state index contributed by atoms with van der Waals surface area (Å²) in [6.07, 6.45) is 0.554. The fraction of sp³-hybridized carbons (Fsp3) is 0.294. The van der Waals surface area contributed by atoms with Crippen LogP contribution in [0.3, 0.4) is 0 Å². The van der Waals surface area contributed by atoms with Gasteiger partial charge in [0.15, 0.2) is 9.84 Å². The maximum Gasteiger partial charge on any atom is 0.311 e. The van der Waals surface area contributed by atoms with Gasteiger partial charge in [-0.05, 0) is 30.2 Å². The molecule has 1 fully saturated rings. The summed E-state index contributed by atoms with van der Waals surface area (Å²) in [5.41, 5.74) is 0.496. The smallest absolute Gasteiger partial charge is 0.311 e. The lowest BCUT2D eigenvalue weighted by Crippen LogP contribution is -2.29. The summed E-state index contributed by atoms with van der Waals surface area (Å²) < 4.78 is 28.6. The molecule has 26 heavy (non-hydrogen) atoms. The number of nitro groups is 1. The third-order valence-corrected chi connectivity index (χ3v) is 6.18. The van der Waals surface area contributed by atoms with Crippen LogP contribution in [0, 0.1) is 10.1 Å². The molecule has 0 amide bonds. The fourth-order valence-electron chi connectivity index (χ4n) is 2.77. The van der Waals surface area contributed by atoms with Crippen LogP contribution in [0.5, 0.6) is 11.5 Å². The first-order chi connectivity index (χ1) is 12.3. The van der Waals surface area contributed by atoms with Crippen molar-refractivity contribution >= 4 is 27.1 Å². The lowest BCUT2D eigenvalue weighted by Gasteiger charge is -2.12. The minimum Gasteiger partial charge on any atom is -0.449 e. The second kappa shape index (κ2) is 7.61. The summed E-state index contributed by atoms with van der Waals surface area (Å²) in [5.74, 6) is 0.702. The van der Waals surface area contributed by atoms with E-state index in [1.807, 2.05) is 0 Å². The van der Waals surface area contributed by atoms with Crippen LogP contribution in [0.1, 0.15) is 12.0 Å². The van der Waals surface area contributed by atoms with Crippen LogP contribution in [-0.4, -0.2) is 30.9 Å². The zero-order valence-corrected chi connectivity index (χ0v) is 15.3. The summed E-state index contributed by atoms with van der Waals surface area (Å²) in [6.45, 7) is 0.341. The molecule has 9 heteroatoms. The van der Waals surface area contributed by atoms with Gasteiger partial charge >= 0.3 is 5.69 Å². The predicted octanol–water partition coefficient (Wildman–Crippen LogP) is 3.32. The van der Waals surface area contributed by atoms with E-state index < -0.39 is 14.8 Å². The van der Waals surface area contributed by atoms with E-state index in [0.717, 1.165) is 0 Å². The van der Waals surface area contributed by atoms with Crippen molar-refractivity contribution in [3.8, 4) is 11.5 Å². The third kappa shape index (κ3) is 4.51. The maximum atomic E-state index is 11.5. The van der Waals surface area contributed by atoms with Gasteiger partial charge in [-0.1, -0.05) is 29.8 Å². The quantitative estimate of drug-likeness (QED) is 0.594. The first-order valence-electron chi connectivity index (χ1n) is 7.97. The van der Waals surface area contributed by atoms with Crippen molar-refractivity contribution in [1.29, 1.82) is 0 Å². The monoisotopic (exact) mass is 396 g/mol. The highest BCUT2D eigenvalue weighted by molar-refractivity contribution is 7.91. The summed E-state index contributed by atoms with van der Waals surface area (Å²) in [5, 5.41) is 14.9. The summed E-state index contributed by atoms with van der Waals surface area (Å²) >= 11 is 6.03. The third-order valence-electron chi connectivity index (χ3n) is 4.10. The molecule has 2 aromatic carbocycles. The molecule has 138 valence electrons. The van der Waals surface area contributed by atoms with E-state index in [1.165, 1.54) is 12.1 Å². The molecule has 7 nitrogen and oxygen atoms in total. The minimum absolute atomic E-state index is 0.0929. The number of benzene rings is 2. The Hall–Kier alpha value is -2.16. The van der Waals surface area contributed by atoms with Gasteiger partial charge in [0.05, 0.1) is 21.5 Å². The SMILES string of the molecule is O=[N+]([O-])c1cc(CNC2CCS(=O)(=O)C2)ccc1Oc1ccccc1Cl. The van der Waals surface area contributed by atoms with E-state index in [4.69, 9.17) is 16.3 Å². The topological polar surface area (TPSA) is 98.5 Å². The molecule has 1 aliphatic heterocycles. The molecule has 0 saturated carbocycles.